The van der Waals surface area contributed by atoms with Gasteiger partial charge in [0, 0.05) is 29.2 Å². The van der Waals surface area contributed by atoms with Gasteiger partial charge in [0.1, 0.15) is 0 Å². The minimum Gasteiger partial charge on any atom is -0.490 e. The number of nitrogens with two attached hydrogens (primary N) is 2. The Balaban J connectivity index is 3.79. The predicted octanol–water partition coefficient (Wildman–Crippen LogP) is 9.00. The molecule has 0 radical (unpaired) electrons. The van der Waals surface area contributed by atoms with E-state index in [9.17, 15) is 9.59 Å². The number of rotatable bonds is 24. The Kier molecular flexibility index (Phi) is 15.8. The number of benzene rings is 1. The van der Waals surface area contributed by atoms with E-state index in [4.69, 9.17) is 37.3 Å². The second kappa shape index (κ2) is 20.7. The molecular formula is C45H83N3O6. The van der Waals surface area contributed by atoms with Crippen LogP contribution in [0.25, 0.3) is 0 Å². The molecule has 9 heteroatoms. The molecule has 10 atom stereocenters. The molecule has 5 N–H and O–H groups in total. The maximum Gasteiger partial charge on any atom is 0.226 e. The van der Waals surface area contributed by atoms with E-state index in [2.05, 4.69) is 52.1 Å². The Morgan fingerprint density at radius 3 is 1.98 bits per heavy atom. The molecule has 0 saturated carbocycles. The van der Waals surface area contributed by atoms with Crippen LogP contribution in [-0.4, -0.2) is 63.0 Å². The number of hydrogen-bond donors (Lipinski definition) is 3. The summed E-state index contributed by atoms with van der Waals surface area (Å²) in [5.41, 5.74) is 7.66. The van der Waals surface area contributed by atoms with E-state index in [1.807, 2.05) is 54.5 Å². The van der Waals surface area contributed by atoms with Crippen molar-refractivity contribution in [1.82, 2.24) is 5.32 Å². The molecule has 6 unspecified atom stereocenters. The van der Waals surface area contributed by atoms with Crippen LogP contribution < -0.4 is 26.3 Å². The van der Waals surface area contributed by atoms with Gasteiger partial charge in [0.05, 0.1) is 45.6 Å². The Labute approximate surface area is 338 Å². The van der Waals surface area contributed by atoms with Crippen LogP contribution >= 0.6 is 0 Å². The zero-order valence-electron chi connectivity index (χ0n) is 42.1. The second-order valence-corrected chi connectivity index (χ2v) is 18.2. The standard InChI is InChI=1S/C45H83N3O6/c1-19-31(8)39(32(9)35-21-22-36(52-20-2)37(23-35)54-26-30(7)25-53-29(5)6)34(11)45(17,47)38(51-18)24-43(15,33(10)28(3)4)41(50)48-27-44(16,40(46)49)42(12,13)14/h21-23,28-34,38-39H,19-20,24-27,47H2,1-18H3,(H2,46,49)(H,48,50)/t30?,31?,32?,33?,34?,38-,39+,43+,44?,45+/m1/s1/i16D3,27D2. The average Bonchev–Trinajstić information content (AvgIpc) is 3.09. The summed E-state index contributed by atoms with van der Waals surface area (Å²) >= 11 is 0. The number of ether oxygens (including phenoxy) is 4. The van der Waals surface area contributed by atoms with Crippen LogP contribution in [0.2, 0.25) is 0 Å². The Morgan fingerprint density at radius 1 is 0.907 bits per heavy atom. The molecule has 0 aliphatic heterocycles. The molecule has 0 heterocycles. The van der Waals surface area contributed by atoms with Gasteiger partial charge in [-0.1, -0.05) is 95.6 Å². The molecule has 1 rings (SSSR count). The lowest BCUT2D eigenvalue weighted by Gasteiger charge is -2.49. The van der Waals surface area contributed by atoms with Crippen molar-refractivity contribution in [3.8, 4) is 11.5 Å². The molecule has 0 bridgehead atoms. The van der Waals surface area contributed by atoms with Gasteiger partial charge in [0.15, 0.2) is 11.5 Å². The molecular weight excluding hydrogens is 679 g/mol. The summed E-state index contributed by atoms with van der Waals surface area (Å²) in [5, 5.41) is 2.42. The molecule has 0 spiro atoms. The summed E-state index contributed by atoms with van der Waals surface area (Å²) in [5.74, 6) is -0.937. The largest absolute Gasteiger partial charge is 0.490 e. The molecule has 0 fully saturated rings. The van der Waals surface area contributed by atoms with Gasteiger partial charge in [0.2, 0.25) is 11.8 Å². The molecule has 0 aliphatic rings. The first-order valence-corrected chi connectivity index (χ1v) is 20.2. The van der Waals surface area contributed by atoms with Gasteiger partial charge in [-0.15, -0.1) is 0 Å². The SMILES string of the molecule is [2H]C([2H])([2H])C(C(N)=O)(C(C)(C)C)C([2H])([2H])NC(=O)[C@@](C)(C[C@@H](OC)[C@@](C)(N)C(C)[C@@H](C(C)CC)C(C)c1ccc(OCC)c(OCC(C)COC(C)C)c1)C(C)C(C)C. The van der Waals surface area contributed by atoms with Crippen molar-refractivity contribution in [2.24, 2.45) is 63.2 Å². The van der Waals surface area contributed by atoms with E-state index in [1.54, 1.807) is 14.0 Å². The van der Waals surface area contributed by atoms with Gasteiger partial charge in [-0.2, -0.15) is 0 Å². The summed E-state index contributed by atoms with van der Waals surface area (Å²) in [4.78, 5) is 27.9. The number of carbonyl (C=O) groups is 2. The number of hydrogen-bond acceptors (Lipinski definition) is 7. The number of nitrogens with one attached hydrogen (secondary N) is 1. The van der Waals surface area contributed by atoms with Crippen LogP contribution in [-0.2, 0) is 19.1 Å². The van der Waals surface area contributed by atoms with Crippen molar-refractivity contribution < 1.29 is 35.4 Å². The first-order valence-electron chi connectivity index (χ1n) is 22.7. The van der Waals surface area contributed by atoms with Gasteiger partial charge in [-0.25, -0.2) is 0 Å². The van der Waals surface area contributed by atoms with Gasteiger partial charge >= 0.3 is 0 Å². The summed E-state index contributed by atoms with van der Waals surface area (Å²) in [7, 11) is 1.57. The predicted molar refractivity (Wildman–Crippen MR) is 224 cm³/mol. The molecule has 1 aromatic rings. The fourth-order valence-corrected chi connectivity index (χ4v) is 7.53. The zero-order chi connectivity index (χ0) is 46.3. The number of carbonyl (C=O) groups excluding carboxylic acids is 2. The average molecular weight is 767 g/mol. The summed E-state index contributed by atoms with van der Waals surface area (Å²) in [6.07, 6.45) is 0.390. The van der Waals surface area contributed by atoms with Crippen LogP contribution in [0.1, 0.15) is 149 Å². The lowest BCUT2D eigenvalue weighted by atomic mass is 9.61. The Morgan fingerprint density at radius 2 is 1.52 bits per heavy atom. The van der Waals surface area contributed by atoms with Crippen molar-refractivity contribution >= 4 is 11.8 Å². The maximum atomic E-state index is 14.7. The maximum absolute atomic E-state index is 14.7. The van der Waals surface area contributed by atoms with E-state index < -0.39 is 53.1 Å². The molecule has 0 aliphatic carbocycles. The molecule has 314 valence electrons. The van der Waals surface area contributed by atoms with E-state index >= 15 is 0 Å². The molecule has 54 heavy (non-hydrogen) atoms. The lowest BCUT2D eigenvalue weighted by molar-refractivity contribution is -0.141. The highest BCUT2D eigenvalue weighted by Gasteiger charge is 2.50. The first-order chi connectivity index (χ1) is 26.8. The molecule has 0 aromatic heterocycles. The van der Waals surface area contributed by atoms with Gasteiger partial charge < -0.3 is 35.7 Å². The summed E-state index contributed by atoms with van der Waals surface area (Å²) in [6.45, 7) is 25.9. The van der Waals surface area contributed by atoms with E-state index in [1.165, 1.54) is 20.8 Å². The van der Waals surface area contributed by atoms with Crippen LogP contribution in [0.5, 0.6) is 11.5 Å². The molecule has 9 nitrogen and oxygen atoms in total. The lowest BCUT2D eigenvalue weighted by Crippen LogP contribution is -2.60. The van der Waals surface area contributed by atoms with Crippen molar-refractivity contribution in [3.63, 3.8) is 0 Å². The highest BCUT2D eigenvalue weighted by Crippen LogP contribution is 2.47. The van der Waals surface area contributed by atoms with Crippen LogP contribution in [0.15, 0.2) is 18.2 Å². The zero-order valence-corrected chi connectivity index (χ0v) is 37.1. The summed E-state index contributed by atoms with van der Waals surface area (Å²) in [6, 6.07) is 6.12. The molecule has 0 saturated heterocycles. The fraction of sp³-hybridized carbons (Fsp3) is 0.822. The minimum atomic E-state index is -3.20. The number of amides is 2. The number of methoxy groups -OCH3 is 1. The van der Waals surface area contributed by atoms with Gasteiger partial charge in [-0.05, 0) is 99.6 Å². The number of primary amides is 1. The van der Waals surface area contributed by atoms with Crippen molar-refractivity contribution in [2.75, 3.05) is 33.4 Å². The normalized spacial score (nSPS) is 21.6. The second-order valence-electron chi connectivity index (χ2n) is 18.2. The third-order valence-corrected chi connectivity index (χ3v) is 12.4. The first kappa shape index (κ1) is 41.3. The Bertz CT molecular complexity index is 1480. The van der Waals surface area contributed by atoms with Crippen LogP contribution in [0, 0.1) is 51.8 Å². The van der Waals surface area contributed by atoms with Gasteiger partial charge in [-0.3, -0.25) is 9.59 Å². The van der Waals surface area contributed by atoms with Crippen molar-refractivity contribution in [2.45, 2.75) is 154 Å². The smallest absolute Gasteiger partial charge is 0.226 e. The van der Waals surface area contributed by atoms with Crippen LogP contribution in [0.3, 0.4) is 0 Å². The Hall–Kier alpha value is -2.36. The highest BCUT2D eigenvalue weighted by atomic mass is 16.5. The quantitative estimate of drug-likeness (QED) is 0.0956. The molecule has 2 amide bonds. The van der Waals surface area contributed by atoms with Crippen molar-refractivity contribution in [1.29, 1.82) is 0 Å². The van der Waals surface area contributed by atoms with Gasteiger partial charge in [0.25, 0.3) is 0 Å². The van der Waals surface area contributed by atoms with Crippen molar-refractivity contribution in [3.05, 3.63) is 23.8 Å². The topological polar surface area (TPSA) is 135 Å². The van der Waals surface area contributed by atoms with E-state index in [0.717, 1.165) is 12.0 Å². The van der Waals surface area contributed by atoms with E-state index in [-0.39, 0.29) is 54.0 Å². The van der Waals surface area contributed by atoms with E-state index in [0.29, 0.717) is 31.3 Å². The van der Waals surface area contributed by atoms with Crippen LogP contribution in [0.4, 0.5) is 0 Å². The molecule has 1 aromatic carbocycles. The summed E-state index contributed by atoms with van der Waals surface area (Å²) < 4.78 is 67.8. The minimum absolute atomic E-state index is 0.00998. The highest BCUT2D eigenvalue weighted by molar-refractivity contribution is 5.85. The fourth-order valence-electron chi connectivity index (χ4n) is 7.53. The monoisotopic (exact) mass is 767 g/mol. The third kappa shape index (κ3) is 12.3. The third-order valence-electron chi connectivity index (χ3n) is 12.4.